The number of benzene rings is 1. The molecule has 148 valence electrons. The summed E-state index contributed by atoms with van der Waals surface area (Å²) in [5.41, 5.74) is 2.72. The molecule has 4 rings (SSSR count). The Bertz CT molecular complexity index is 1040. The van der Waals surface area contributed by atoms with Crippen LogP contribution < -0.4 is 5.32 Å². The van der Waals surface area contributed by atoms with Crippen molar-refractivity contribution in [3.8, 4) is 5.69 Å². The smallest absolute Gasteiger partial charge is 0.335 e. The Balaban J connectivity index is 1.81. The molecule has 1 saturated heterocycles. The number of thiocarbonyl (C=S) groups is 1. The molecule has 0 aliphatic carbocycles. The van der Waals surface area contributed by atoms with Crippen molar-refractivity contribution < 1.29 is 15.0 Å². The fourth-order valence-electron chi connectivity index (χ4n) is 3.73. The molecule has 2 aromatic heterocycles. The lowest BCUT2D eigenvalue weighted by Gasteiger charge is -2.28. The number of carboxylic acids is 1. The zero-order chi connectivity index (χ0) is 20.4. The molecule has 0 unspecified atom stereocenters. The van der Waals surface area contributed by atoms with Gasteiger partial charge >= 0.3 is 5.97 Å². The summed E-state index contributed by atoms with van der Waals surface area (Å²) in [4.78, 5) is 17.8. The number of aromatic nitrogens is 2. The Kier molecular flexibility index (Phi) is 5.28. The molecule has 1 aromatic carbocycles. The van der Waals surface area contributed by atoms with E-state index >= 15 is 0 Å². The molecule has 1 fully saturated rings. The predicted octanol–water partition coefficient (Wildman–Crippen LogP) is 2.54. The molecule has 7 nitrogen and oxygen atoms in total. The quantitative estimate of drug-likeness (QED) is 0.540. The molecule has 1 aliphatic heterocycles. The van der Waals surface area contributed by atoms with Gasteiger partial charge in [-0.1, -0.05) is 12.1 Å². The molecule has 29 heavy (non-hydrogen) atoms. The highest BCUT2D eigenvalue weighted by molar-refractivity contribution is 7.80. The number of nitrogens with zero attached hydrogens (tertiary/aromatic N) is 3. The monoisotopic (exact) mass is 408 g/mol. The van der Waals surface area contributed by atoms with E-state index in [0.717, 1.165) is 17.1 Å². The van der Waals surface area contributed by atoms with Crippen LogP contribution >= 0.6 is 12.2 Å². The normalized spacial score (nSPS) is 18.7. The number of β-amino-alcohol motifs (C(OH)–C–C–N with tert-alkyl or cyclic N) is 1. The van der Waals surface area contributed by atoms with E-state index in [-0.39, 0.29) is 24.3 Å². The Morgan fingerprint density at radius 3 is 2.76 bits per heavy atom. The third-order valence-corrected chi connectivity index (χ3v) is 5.35. The lowest BCUT2D eigenvalue weighted by molar-refractivity contribution is 0.0697. The zero-order valence-corrected chi connectivity index (χ0v) is 16.3. The van der Waals surface area contributed by atoms with Crippen molar-refractivity contribution in [1.29, 1.82) is 0 Å². The SMILES string of the molecule is O=C(O)c1cccc(-n2cccc2[C@H]2[C@@H](c3ccccn3)NC(=S)N2CCO)c1. The van der Waals surface area contributed by atoms with Gasteiger partial charge in [0.05, 0.1) is 29.9 Å². The Hall–Kier alpha value is -3.23. The molecule has 0 spiro atoms. The molecule has 3 heterocycles. The van der Waals surface area contributed by atoms with E-state index in [4.69, 9.17) is 12.2 Å². The number of aliphatic hydroxyl groups excluding tert-OH is 1. The number of hydrogen-bond acceptors (Lipinski definition) is 4. The average Bonchev–Trinajstić information content (AvgIpc) is 3.34. The van der Waals surface area contributed by atoms with Gasteiger partial charge in [0.25, 0.3) is 0 Å². The summed E-state index contributed by atoms with van der Waals surface area (Å²) in [6, 6.07) is 16.0. The minimum absolute atomic E-state index is 0.0392. The molecule has 8 heteroatoms. The number of hydrogen-bond donors (Lipinski definition) is 3. The topological polar surface area (TPSA) is 90.6 Å². The Labute approximate surface area is 173 Å². The molecule has 1 aliphatic rings. The van der Waals surface area contributed by atoms with Gasteiger partial charge in [0.15, 0.2) is 5.11 Å². The number of rotatable bonds is 6. The van der Waals surface area contributed by atoms with E-state index in [1.54, 1.807) is 24.4 Å². The first-order valence-electron chi connectivity index (χ1n) is 9.20. The average molecular weight is 408 g/mol. The van der Waals surface area contributed by atoms with E-state index < -0.39 is 5.97 Å². The first-order chi connectivity index (χ1) is 14.1. The largest absolute Gasteiger partial charge is 0.478 e. The molecule has 0 amide bonds. The van der Waals surface area contributed by atoms with Crippen LogP contribution in [0.25, 0.3) is 5.69 Å². The Morgan fingerprint density at radius 1 is 1.17 bits per heavy atom. The molecule has 0 radical (unpaired) electrons. The standard InChI is InChI=1S/C21H20N4O3S/c26-12-11-25-19(18(23-21(25)29)16-7-1-2-9-22-16)17-8-4-10-24(17)15-6-3-5-14(13-15)20(27)28/h1-10,13,18-19,26H,11-12H2,(H,23,29)(H,27,28)/t18-,19+/m1/s1. The van der Waals surface area contributed by atoms with E-state index in [1.165, 1.54) is 0 Å². The third-order valence-electron chi connectivity index (χ3n) is 4.99. The number of nitrogens with one attached hydrogen (secondary N) is 1. The number of carbonyl (C=O) groups is 1. The maximum Gasteiger partial charge on any atom is 0.335 e. The fraction of sp³-hybridized carbons (Fsp3) is 0.190. The van der Waals surface area contributed by atoms with E-state index in [2.05, 4.69) is 10.3 Å². The summed E-state index contributed by atoms with van der Waals surface area (Å²) in [6.07, 6.45) is 3.63. The highest BCUT2D eigenvalue weighted by Crippen LogP contribution is 2.39. The minimum Gasteiger partial charge on any atom is -0.478 e. The first-order valence-corrected chi connectivity index (χ1v) is 9.61. The van der Waals surface area contributed by atoms with Crippen LogP contribution in [0.5, 0.6) is 0 Å². The van der Waals surface area contributed by atoms with Crippen molar-refractivity contribution in [3.63, 3.8) is 0 Å². The van der Waals surface area contributed by atoms with Crippen LogP contribution in [0.15, 0.2) is 67.0 Å². The fourth-order valence-corrected chi connectivity index (χ4v) is 4.07. The summed E-state index contributed by atoms with van der Waals surface area (Å²) in [5.74, 6) is -0.975. The van der Waals surface area contributed by atoms with E-state index in [1.807, 2.05) is 52.1 Å². The molecular formula is C21H20N4O3S. The molecule has 0 saturated carbocycles. The summed E-state index contributed by atoms with van der Waals surface area (Å²) in [5, 5.41) is 22.8. The van der Waals surface area contributed by atoms with Gasteiger partial charge < -0.3 is 25.0 Å². The van der Waals surface area contributed by atoms with Crippen LogP contribution in [-0.4, -0.2) is 48.9 Å². The molecule has 0 bridgehead atoms. The maximum atomic E-state index is 11.4. The molecule has 3 N–H and O–H groups in total. The summed E-state index contributed by atoms with van der Waals surface area (Å²) < 4.78 is 1.95. The summed E-state index contributed by atoms with van der Waals surface area (Å²) in [6.45, 7) is 0.336. The van der Waals surface area contributed by atoms with Crippen LogP contribution in [0.2, 0.25) is 0 Å². The van der Waals surface area contributed by atoms with Gasteiger partial charge in [-0.05, 0) is 54.7 Å². The number of carboxylic acid groups (broad SMARTS) is 1. The second kappa shape index (κ2) is 8.02. The van der Waals surface area contributed by atoms with Crippen LogP contribution in [0.3, 0.4) is 0 Å². The van der Waals surface area contributed by atoms with Crippen molar-refractivity contribution in [2.24, 2.45) is 0 Å². The highest BCUT2D eigenvalue weighted by Gasteiger charge is 2.40. The van der Waals surface area contributed by atoms with Gasteiger partial charge in [-0.25, -0.2) is 4.79 Å². The second-order valence-corrected chi connectivity index (χ2v) is 7.09. The highest BCUT2D eigenvalue weighted by atomic mass is 32.1. The van der Waals surface area contributed by atoms with Crippen LogP contribution in [0.4, 0.5) is 0 Å². The van der Waals surface area contributed by atoms with Gasteiger partial charge in [-0.2, -0.15) is 0 Å². The van der Waals surface area contributed by atoms with Gasteiger partial charge in [0.1, 0.15) is 0 Å². The minimum atomic E-state index is -0.975. The van der Waals surface area contributed by atoms with Gasteiger partial charge in [-0.15, -0.1) is 0 Å². The van der Waals surface area contributed by atoms with Crippen molar-refractivity contribution in [1.82, 2.24) is 19.8 Å². The van der Waals surface area contributed by atoms with E-state index in [0.29, 0.717) is 11.7 Å². The molecule has 3 aromatic rings. The van der Waals surface area contributed by atoms with Crippen LogP contribution in [0.1, 0.15) is 33.8 Å². The van der Waals surface area contributed by atoms with E-state index in [9.17, 15) is 15.0 Å². The third kappa shape index (κ3) is 3.59. The van der Waals surface area contributed by atoms with Crippen LogP contribution in [0, 0.1) is 0 Å². The maximum absolute atomic E-state index is 11.4. The van der Waals surface area contributed by atoms with Gasteiger partial charge in [0, 0.05) is 30.3 Å². The first kappa shape index (κ1) is 19.1. The Morgan fingerprint density at radius 2 is 2.03 bits per heavy atom. The lowest BCUT2D eigenvalue weighted by Crippen LogP contribution is -2.32. The van der Waals surface area contributed by atoms with Gasteiger partial charge in [-0.3, -0.25) is 4.98 Å². The summed E-state index contributed by atoms with van der Waals surface area (Å²) >= 11 is 5.54. The predicted molar refractivity (Wildman–Crippen MR) is 112 cm³/mol. The molecular weight excluding hydrogens is 388 g/mol. The van der Waals surface area contributed by atoms with Gasteiger partial charge in [0.2, 0.25) is 0 Å². The van der Waals surface area contributed by atoms with Crippen molar-refractivity contribution >= 4 is 23.3 Å². The number of aromatic carboxylic acids is 1. The molecule has 2 atom stereocenters. The van der Waals surface area contributed by atoms with Crippen molar-refractivity contribution in [2.75, 3.05) is 13.2 Å². The van der Waals surface area contributed by atoms with Crippen molar-refractivity contribution in [2.45, 2.75) is 12.1 Å². The zero-order valence-electron chi connectivity index (χ0n) is 15.5. The van der Waals surface area contributed by atoms with Crippen LogP contribution in [-0.2, 0) is 0 Å². The number of aliphatic hydroxyl groups is 1. The number of pyridine rings is 1. The second-order valence-electron chi connectivity index (χ2n) is 6.70. The summed E-state index contributed by atoms with van der Waals surface area (Å²) in [7, 11) is 0. The lowest BCUT2D eigenvalue weighted by atomic mass is 10.0. The van der Waals surface area contributed by atoms with Crippen molar-refractivity contribution in [3.05, 3.63) is 83.9 Å².